The summed E-state index contributed by atoms with van der Waals surface area (Å²) >= 11 is 0. The number of amides is 3. The maximum absolute atomic E-state index is 14.1. The molecule has 0 aromatic heterocycles. The molecule has 0 saturated carbocycles. The van der Waals surface area contributed by atoms with Crippen LogP contribution in [-0.4, -0.2) is 67.3 Å². The number of hydrogen-bond donors (Lipinski definition) is 1. The maximum Gasteiger partial charge on any atom is 0.326 e. The quantitative estimate of drug-likeness (QED) is 0.654. The third kappa shape index (κ3) is 3.79. The van der Waals surface area contributed by atoms with Crippen LogP contribution in [-0.2, 0) is 33.2 Å². The molecule has 1 N–H and O–H groups in total. The van der Waals surface area contributed by atoms with Crippen molar-refractivity contribution in [2.24, 2.45) is 0 Å². The summed E-state index contributed by atoms with van der Waals surface area (Å²) in [5.74, 6) is -1.10. The molecule has 180 valence electrons. The number of sulfonamides is 1. The number of halogens is 1. The van der Waals surface area contributed by atoms with Gasteiger partial charge in [-0.25, -0.2) is 22.5 Å². The zero-order valence-corrected chi connectivity index (χ0v) is 19.8. The highest BCUT2D eigenvalue weighted by atomic mass is 32.2. The van der Waals surface area contributed by atoms with Gasteiger partial charge in [-0.2, -0.15) is 4.31 Å². The van der Waals surface area contributed by atoms with Crippen molar-refractivity contribution >= 4 is 22.0 Å². The first-order valence-electron chi connectivity index (χ1n) is 11.4. The van der Waals surface area contributed by atoms with E-state index in [9.17, 15) is 22.4 Å². The first-order chi connectivity index (χ1) is 16.2. The van der Waals surface area contributed by atoms with Crippen molar-refractivity contribution in [3.05, 3.63) is 65.0 Å². The minimum Gasteiger partial charge on any atom is -0.319 e. The molecule has 2 fully saturated rings. The summed E-state index contributed by atoms with van der Waals surface area (Å²) < 4.78 is 40.9. The molecule has 3 amide bonds. The van der Waals surface area contributed by atoms with E-state index < -0.39 is 27.4 Å². The molecule has 2 aliphatic heterocycles. The molecule has 1 atom stereocenters. The smallest absolute Gasteiger partial charge is 0.319 e. The Kier molecular flexibility index (Phi) is 5.70. The predicted octanol–water partition coefficient (Wildman–Crippen LogP) is 2.05. The Morgan fingerprint density at radius 2 is 1.71 bits per heavy atom. The molecule has 10 heteroatoms. The van der Waals surface area contributed by atoms with Crippen molar-refractivity contribution < 1.29 is 22.4 Å². The summed E-state index contributed by atoms with van der Waals surface area (Å²) in [4.78, 5) is 28.8. The molecule has 0 radical (unpaired) electrons. The molecule has 8 nitrogen and oxygen atoms in total. The Balaban J connectivity index is 1.26. The van der Waals surface area contributed by atoms with E-state index in [4.69, 9.17) is 0 Å². The number of carbonyl (C=O) groups is 2. The third-order valence-electron chi connectivity index (χ3n) is 7.08. The standard InChI is InChI=1S/C24H27FN4O4S/c1-24(19-10-9-17-5-4-6-18(17)15-19)22(30)29(23(31)26-24)16-27-11-13-28(14-12-27)34(32,33)21-8-3-2-7-20(21)25/h2-3,7-10,15H,4-6,11-14,16H2,1H3,(H,26,31). The van der Waals surface area contributed by atoms with Crippen LogP contribution in [0.15, 0.2) is 47.4 Å². The lowest BCUT2D eigenvalue weighted by Crippen LogP contribution is -2.52. The Morgan fingerprint density at radius 1 is 1.00 bits per heavy atom. The number of carbonyl (C=O) groups excluding carboxylic acids is 2. The highest BCUT2D eigenvalue weighted by Gasteiger charge is 2.49. The average Bonchev–Trinajstić information content (AvgIpc) is 3.38. The molecule has 1 unspecified atom stereocenters. The number of aryl methyl sites for hydroxylation is 2. The average molecular weight is 487 g/mol. The minimum atomic E-state index is -3.95. The second kappa shape index (κ2) is 8.44. The highest BCUT2D eigenvalue weighted by Crippen LogP contribution is 2.33. The zero-order valence-electron chi connectivity index (χ0n) is 19.0. The number of nitrogens with zero attached hydrogens (tertiary/aromatic N) is 3. The van der Waals surface area contributed by atoms with Gasteiger partial charge in [-0.3, -0.25) is 9.69 Å². The summed E-state index contributed by atoms with van der Waals surface area (Å²) in [6.45, 7) is 2.72. The molecular formula is C24H27FN4O4S. The molecule has 2 aromatic carbocycles. The molecular weight excluding hydrogens is 459 g/mol. The molecule has 2 saturated heterocycles. The van der Waals surface area contributed by atoms with Crippen LogP contribution in [0.4, 0.5) is 9.18 Å². The van der Waals surface area contributed by atoms with Crippen molar-refractivity contribution in [1.82, 2.24) is 19.4 Å². The summed E-state index contributed by atoms with van der Waals surface area (Å²) in [5.41, 5.74) is 2.16. The zero-order chi connectivity index (χ0) is 24.1. The monoisotopic (exact) mass is 486 g/mol. The number of imide groups is 1. The molecule has 0 spiro atoms. The van der Waals surface area contributed by atoms with E-state index in [2.05, 4.69) is 5.32 Å². The third-order valence-corrected chi connectivity index (χ3v) is 9.01. The highest BCUT2D eigenvalue weighted by molar-refractivity contribution is 7.89. The Labute approximate surface area is 198 Å². The summed E-state index contributed by atoms with van der Waals surface area (Å²) in [6, 6.07) is 10.8. The largest absolute Gasteiger partial charge is 0.326 e. The van der Waals surface area contributed by atoms with E-state index in [1.54, 1.807) is 6.92 Å². The lowest BCUT2D eigenvalue weighted by molar-refractivity contribution is -0.132. The normalized spacial score (nSPS) is 23.9. The van der Waals surface area contributed by atoms with E-state index in [0.717, 1.165) is 30.9 Å². The van der Waals surface area contributed by atoms with Gasteiger partial charge >= 0.3 is 6.03 Å². The van der Waals surface area contributed by atoms with E-state index in [1.165, 1.54) is 38.5 Å². The number of urea groups is 1. The summed E-state index contributed by atoms with van der Waals surface area (Å²) in [5, 5.41) is 2.85. The van der Waals surface area contributed by atoms with Crippen LogP contribution in [0.2, 0.25) is 0 Å². The van der Waals surface area contributed by atoms with E-state index in [-0.39, 0.29) is 30.6 Å². The number of rotatable bonds is 5. The number of hydrogen-bond acceptors (Lipinski definition) is 5. The van der Waals surface area contributed by atoms with Crippen LogP contribution in [0.3, 0.4) is 0 Å². The molecule has 1 aliphatic carbocycles. The van der Waals surface area contributed by atoms with E-state index in [1.807, 2.05) is 23.1 Å². The van der Waals surface area contributed by atoms with Gasteiger partial charge in [-0.05, 0) is 55.0 Å². The van der Waals surface area contributed by atoms with Crippen molar-refractivity contribution in [3.8, 4) is 0 Å². The molecule has 5 rings (SSSR count). The van der Waals surface area contributed by atoms with Crippen LogP contribution in [0.1, 0.15) is 30.0 Å². The number of fused-ring (bicyclic) bond motifs is 1. The molecule has 34 heavy (non-hydrogen) atoms. The number of piperazine rings is 1. The maximum atomic E-state index is 14.1. The van der Waals surface area contributed by atoms with Crippen molar-refractivity contribution in [1.29, 1.82) is 0 Å². The van der Waals surface area contributed by atoms with Crippen molar-refractivity contribution in [3.63, 3.8) is 0 Å². The number of benzene rings is 2. The fourth-order valence-electron chi connectivity index (χ4n) is 5.01. The van der Waals surface area contributed by atoms with Crippen LogP contribution >= 0.6 is 0 Å². The summed E-state index contributed by atoms with van der Waals surface area (Å²) in [6.07, 6.45) is 3.11. The fraction of sp³-hybridized carbons (Fsp3) is 0.417. The van der Waals surface area contributed by atoms with Gasteiger partial charge in [0.2, 0.25) is 10.0 Å². The van der Waals surface area contributed by atoms with Crippen LogP contribution < -0.4 is 5.32 Å². The van der Waals surface area contributed by atoms with E-state index in [0.29, 0.717) is 13.1 Å². The molecule has 2 aromatic rings. The van der Waals surface area contributed by atoms with Gasteiger partial charge in [-0.1, -0.05) is 30.3 Å². The van der Waals surface area contributed by atoms with Crippen molar-refractivity contribution in [2.75, 3.05) is 32.8 Å². The topological polar surface area (TPSA) is 90.0 Å². The lowest BCUT2D eigenvalue weighted by atomic mass is 9.90. The predicted molar refractivity (Wildman–Crippen MR) is 123 cm³/mol. The van der Waals surface area contributed by atoms with Gasteiger partial charge in [0.1, 0.15) is 16.3 Å². The first-order valence-corrected chi connectivity index (χ1v) is 12.9. The molecule has 0 bridgehead atoms. The van der Waals surface area contributed by atoms with Gasteiger partial charge in [0.25, 0.3) is 5.91 Å². The van der Waals surface area contributed by atoms with Crippen LogP contribution in [0, 0.1) is 5.82 Å². The summed E-state index contributed by atoms with van der Waals surface area (Å²) in [7, 11) is -3.95. The van der Waals surface area contributed by atoms with Gasteiger partial charge in [0.15, 0.2) is 0 Å². The van der Waals surface area contributed by atoms with E-state index >= 15 is 0 Å². The minimum absolute atomic E-state index is 0.0682. The Bertz CT molecular complexity index is 1260. The van der Waals surface area contributed by atoms with Gasteiger partial charge in [-0.15, -0.1) is 0 Å². The molecule has 2 heterocycles. The van der Waals surface area contributed by atoms with Crippen LogP contribution in [0.25, 0.3) is 0 Å². The lowest BCUT2D eigenvalue weighted by Gasteiger charge is -2.35. The first kappa shape index (κ1) is 22.9. The van der Waals surface area contributed by atoms with Crippen molar-refractivity contribution in [2.45, 2.75) is 36.6 Å². The van der Waals surface area contributed by atoms with Crippen LogP contribution in [0.5, 0.6) is 0 Å². The second-order valence-corrected chi connectivity index (χ2v) is 11.1. The Morgan fingerprint density at radius 3 is 2.44 bits per heavy atom. The SMILES string of the molecule is CC1(c2ccc3c(c2)CCC3)NC(=O)N(CN2CCN(S(=O)(=O)c3ccccc3F)CC2)C1=O. The van der Waals surface area contributed by atoms with Gasteiger partial charge in [0.05, 0.1) is 6.67 Å². The number of nitrogens with one attached hydrogen (secondary N) is 1. The fourth-order valence-corrected chi connectivity index (χ4v) is 6.50. The van der Waals surface area contributed by atoms with Gasteiger partial charge in [0, 0.05) is 26.2 Å². The van der Waals surface area contributed by atoms with Gasteiger partial charge < -0.3 is 5.32 Å². The molecule has 3 aliphatic rings. The Hall–Kier alpha value is -2.82. The second-order valence-electron chi connectivity index (χ2n) is 9.22.